The molecule has 4 saturated carbocycles. The predicted octanol–water partition coefficient (Wildman–Crippen LogP) is 2.77. The summed E-state index contributed by atoms with van der Waals surface area (Å²) < 4.78 is 0. The van der Waals surface area contributed by atoms with Crippen molar-refractivity contribution in [2.45, 2.75) is 51.4 Å². The van der Waals surface area contributed by atoms with E-state index in [4.69, 9.17) is 0 Å². The molecule has 0 atom stereocenters. The number of nitrogens with zero attached hydrogens (tertiary/aromatic N) is 2. The van der Waals surface area contributed by atoms with Crippen LogP contribution >= 0.6 is 12.4 Å². The first-order valence-electron chi connectivity index (χ1n) is 10.9. The van der Waals surface area contributed by atoms with E-state index in [1.807, 2.05) is 0 Å². The molecular weight excluding hydrogens is 346 g/mol. The van der Waals surface area contributed by atoms with Crippen molar-refractivity contribution in [2.75, 3.05) is 45.8 Å². The predicted molar refractivity (Wildman–Crippen MR) is 106 cm³/mol. The minimum Gasteiger partial charge on any atom is -0.340 e. The first-order chi connectivity index (χ1) is 12.2. The van der Waals surface area contributed by atoms with Crippen molar-refractivity contribution >= 4 is 18.3 Å². The number of hydrogen-bond donors (Lipinski definition) is 1. The van der Waals surface area contributed by atoms with Crippen LogP contribution in [0.15, 0.2) is 0 Å². The first kappa shape index (κ1) is 19.0. The molecule has 2 heterocycles. The van der Waals surface area contributed by atoms with Gasteiger partial charge in [-0.1, -0.05) is 0 Å². The molecule has 0 spiro atoms. The number of rotatable bonds is 3. The van der Waals surface area contributed by atoms with Crippen LogP contribution < -0.4 is 5.32 Å². The van der Waals surface area contributed by atoms with Crippen molar-refractivity contribution in [3.8, 4) is 0 Å². The van der Waals surface area contributed by atoms with Gasteiger partial charge in [-0.2, -0.15) is 0 Å². The van der Waals surface area contributed by atoms with E-state index in [0.717, 1.165) is 49.9 Å². The maximum absolute atomic E-state index is 13.4. The molecule has 2 aliphatic heterocycles. The summed E-state index contributed by atoms with van der Waals surface area (Å²) in [6.07, 6.45) is 10.6. The van der Waals surface area contributed by atoms with Crippen LogP contribution in [0.5, 0.6) is 0 Å². The van der Waals surface area contributed by atoms with E-state index in [1.54, 1.807) is 0 Å². The standard InChI is InChI=1S/C21H35N3O.ClH/c25-20(21-12-17-9-18(13-21)11-19(10-17)14-21)24-7-5-23(6-8-24)15-16-1-3-22-4-2-16;/h16-19,22H,1-15H2;1H. The van der Waals surface area contributed by atoms with Gasteiger partial charge in [0.1, 0.15) is 0 Å². The van der Waals surface area contributed by atoms with E-state index in [1.165, 1.54) is 71.0 Å². The zero-order chi connectivity index (χ0) is 16.9. The molecular formula is C21H36ClN3O. The minimum absolute atomic E-state index is 0. The molecule has 6 aliphatic rings. The van der Waals surface area contributed by atoms with Crippen LogP contribution in [0.25, 0.3) is 0 Å². The van der Waals surface area contributed by atoms with Gasteiger partial charge < -0.3 is 10.2 Å². The summed E-state index contributed by atoms with van der Waals surface area (Å²) in [6.45, 7) is 7.78. The maximum atomic E-state index is 13.4. The molecule has 4 nitrogen and oxygen atoms in total. The summed E-state index contributed by atoms with van der Waals surface area (Å²) in [6, 6.07) is 0. The van der Waals surface area contributed by atoms with Crippen molar-refractivity contribution in [2.24, 2.45) is 29.1 Å². The molecule has 148 valence electrons. The van der Waals surface area contributed by atoms with E-state index in [-0.39, 0.29) is 17.8 Å². The Morgan fingerprint density at radius 2 is 1.42 bits per heavy atom. The van der Waals surface area contributed by atoms with Gasteiger partial charge in [0, 0.05) is 32.7 Å². The lowest BCUT2D eigenvalue weighted by Crippen LogP contribution is -2.58. The monoisotopic (exact) mass is 381 g/mol. The van der Waals surface area contributed by atoms with Crippen LogP contribution in [0, 0.1) is 29.1 Å². The quantitative estimate of drug-likeness (QED) is 0.816. The molecule has 0 aromatic heterocycles. The smallest absolute Gasteiger partial charge is 0.228 e. The largest absolute Gasteiger partial charge is 0.340 e. The Morgan fingerprint density at radius 3 is 1.96 bits per heavy atom. The molecule has 4 aliphatic carbocycles. The number of hydrogen-bond acceptors (Lipinski definition) is 3. The number of piperazine rings is 1. The average molecular weight is 382 g/mol. The molecule has 26 heavy (non-hydrogen) atoms. The van der Waals surface area contributed by atoms with Crippen LogP contribution in [0.3, 0.4) is 0 Å². The third-order valence-corrected chi connectivity index (χ3v) is 8.13. The number of carbonyl (C=O) groups excluding carboxylic acids is 1. The van der Waals surface area contributed by atoms with Crippen LogP contribution in [0.2, 0.25) is 0 Å². The summed E-state index contributed by atoms with van der Waals surface area (Å²) >= 11 is 0. The average Bonchev–Trinajstić information content (AvgIpc) is 2.61. The topological polar surface area (TPSA) is 35.6 Å². The number of nitrogens with one attached hydrogen (secondary N) is 1. The Labute approximate surface area is 164 Å². The molecule has 5 heteroatoms. The summed E-state index contributed by atoms with van der Waals surface area (Å²) in [5.74, 6) is 4.03. The summed E-state index contributed by atoms with van der Waals surface area (Å²) in [7, 11) is 0. The number of carbonyl (C=O) groups is 1. The number of piperidine rings is 1. The lowest BCUT2D eigenvalue weighted by molar-refractivity contribution is -0.159. The molecule has 1 N–H and O–H groups in total. The fourth-order valence-corrected chi connectivity index (χ4v) is 7.27. The van der Waals surface area contributed by atoms with Gasteiger partial charge in [0.25, 0.3) is 0 Å². The lowest BCUT2D eigenvalue weighted by Gasteiger charge is -2.57. The van der Waals surface area contributed by atoms with E-state index in [9.17, 15) is 4.79 Å². The van der Waals surface area contributed by atoms with Gasteiger partial charge in [-0.05, 0) is 88.1 Å². The Balaban J connectivity index is 0.00000168. The second-order valence-corrected chi connectivity index (χ2v) is 9.98. The third-order valence-electron chi connectivity index (χ3n) is 8.13. The van der Waals surface area contributed by atoms with Crippen LogP contribution in [0.4, 0.5) is 0 Å². The molecule has 2 saturated heterocycles. The van der Waals surface area contributed by atoms with Gasteiger partial charge in [-0.25, -0.2) is 0 Å². The maximum Gasteiger partial charge on any atom is 0.228 e. The van der Waals surface area contributed by atoms with Crippen LogP contribution in [0.1, 0.15) is 51.4 Å². The van der Waals surface area contributed by atoms with E-state index < -0.39 is 0 Å². The van der Waals surface area contributed by atoms with Crippen molar-refractivity contribution in [3.63, 3.8) is 0 Å². The first-order valence-corrected chi connectivity index (χ1v) is 10.9. The van der Waals surface area contributed by atoms with E-state index >= 15 is 0 Å². The highest BCUT2D eigenvalue weighted by Gasteiger charge is 2.55. The van der Waals surface area contributed by atoms with Crippen molar-refractivity contribution in [1.82, 2.24) is 15.1 Å². The van der Waals surface area contributed by atoms with E-state index in [0.29, 0.717) is 5.91 Å². The molecule has 1 amide bonds. The van der Waals surface area contributed by atoms with Gasteiger partial charge in [0.2, 0.25) is 5.91 Å². The molecule has 4 bridgehead atoms. The molecule has 0 unspecified atom stereocenters. The second kappa shape index (κ2) is 7.60. The Morgan fingerprint density at radius 1 is 0.885 bits per heavy atom. The summed E-state index contributed by atoms with van der Waals surface area (Å²) in [4.78, 5) is 18.3. The number of amides is 1. The molecule has 6 fully saturated rings. The number of halogens is 1. The Bertz CT molecular complexity index is 476. The fourth-order valence-electron chi connectivity index (χ4n) is 7.27. The van der Waals surface area contributed by atoms with Crippen LogP contribution in [-0.4, -0.2) is 61.5 Å². The van der Waals surface area contributed by atoms with Crippen molar-refractivity contribution < 1.29 is 4.79 Å². The van der Waals surface area contributed by atoms with Gasteiger partial charge in [0.15, 0.2) is 0 Å². The van der Waals surface area contributed by atoms with Crippen LogP contribution in [-0.2, 0) is 4.79 Å². The van der Waals surface area contributed by atoms with Gasteiger partial charge in [-0.15, -0.1) is 12.4 Å². The zero-order valence-electron chi connectivity index (χ0n) is 16.1. The molecule has 0 aromatic carbocycles. The summed E-state index contributed by atoms with van der Waals surface area (Å²) in [5.41, 5.74) is 0.0615. The van der Waals surface area contributed by atoms with E-state index in [2.05, 4.69) is 15.1 Å². The minimum atomic E-state index is 0. The second-order valence-electron chi connectivity index (χ2n) is 9.98. The Kier molecular flexibility index (Phi) is 5.56. The van der Waals surface area contributed by atoms with Gasteiger partial charge in [0.05, 0.1) is 5.41 Å². The van der Waals surface area contributed by atoms with Crippen molar-refractivity contribution in [1.29, 1.82) is 0 Å². The normalized spacial score (nSPS) is 40.5. The van der Waals surface area contributed by atoms with Crippen molar-refractivity contribution in [3.05, 3.63) is 0 Å². The SMILES string of the molecule is Cl.O=C(N1CCN(CC2CCNCC2)CC1)C12CC3CC(CC(C3)C1)C2. The molecule has 0 radical (unpaired) electrons. The highest BCUT2D eigenvalue weighted by Crippen LogP contribution is 2.60. The molecule has 6 rings (SSSR count). The highest BCUT2D eigenvalue weighted by atomic mass is 35.5. The highest BCUT2D eigenvalue weighted by molar-refractivity contribution is 5.85. The summed E-state index contributed by atoms with van der Waals surface area (Å²) in [5, 5.41) is 3.47. The third kappa shape index (κ3) is 3.54. The van der Waals surface area contributed by atoms with Gasteiger partial charge >= 0.3 is 0 Å². The molecule has 0 aromatic rings. The Hall–Kier alpha value is -0.320. The zero-order valence-corrected chi connectivity index (χ0v) is 16.9. The van der Waals surface area contributed by atoms with Gasteiger partial charge in [-0.3, -0.25) is 9.69 Å². The lowest BCUT2D eigenvalue weighted by atomic mass is 9.49. The fraction of sp³-hybridized carbons (Fsp3) is 0.952.